The number of amides is 1. The normalized spacial score (nSPS) is 12.3. The van der Waals surface area contributed by atoms with E-state index in [1.807, 2.05) is 56.5 Å². The van der Waals surface area contributed by atoms with E-state index in [1.165, 1.54) is 16.9 Å². The van der Waals surface area contributed by atoms with Gasteiger partial charge >= 0.3 is 0 Å². The van der Waals surface area contributed by atoms with Crippen LogP contribution in [-0.4, -0.2) is 16.0 Å². The summed E-state index contributed by atoms with van der Waals surface area (Å²) in [5.74, 6) is 0.950. The molecule has 0 bridgehead atoms. The van der Waals surface area contributed by atoms with Crippen molar-refractivity contribution in [2.45, 2.75) is 26.8 Å². The lowest BCUT2D eigenvalue weighted by molar-refractivity contribution is 0.0918. The first-order valence-corrected chi connectivity index (χ1v) is 8.67. The molecule has 1 N–H and O–H groups in total. The highest BCUT2D eigenvalue weighted by molar-refractivity contribution is 7.12. The monoisotopic (exact) mass is 341 g/mol. The van der Waals surface area contributed by atoms with Gasteiger partial charge in [-0.05, 0) is 24.3 Å². The van der Waals surface area contributed by atoms with Crippen molar-refractivity contribution in [3.63, 3.8) is 0 Å². The fraction of sp³-hybridized carbons (Fsp3) is 0.278. The van der Waals surface area contributed by atoms with Gasteiger partial charge in [-0.15, -0.1) is 11.3 Å². The number of thiophene rings is 1. The third-order valence-electron chi connectivity index (χ3n) is 3.72. The molecule has 5 nitrogen and oxygen atoms in total. The molecule has 1 amide bonds. The number of hydrogen-bond donors (Lipinski definition) is 1. The number of benzene rings is 1. The van der Waals surface area contributed by atoms with Crippen LogP contribution in [0.4, 0.5) is 0 Å². The third-order valence-corrected chi connectivity index (χ3v) is 4.58. The highest BCUT2D eigenvalue weighted by Gasteiger charge is 2.25. The van der Waals surface area contributed by atoms with Gasteiger partial charge in [0.05, 0.1) is 4.88 Å². The quantitative estimate of drug-likeness (QED) is 0.754. The van der Waals surface area contributed by atoms with Crippen LogP contribution in [0.5, 0.6) is 0 Å². The standard InChI is InChI=1S/C18H19N3O2S/c1-11(2)15(19-17(22)14-5-4-10-24-14)18-20-16(21-23-18)13-8-6-12(3)7-9-13/h4-11,15H,1-3H3,(H,19,22). The molecule has 1 atom stereocenters. The summed E-state index contributed by atoms with van der Waals surface area (Å²) in [5.41, 5.74) is 2.06. The first-order chi connectivity index (χ1) is 11.5. The van der Waals surface area contributed by atoms with Crippen LogP contribution < -0.4 is 5.32 Å². The zero-order valence-electron chi connectivity index (χ0n) is 13.8. The van der Waals surface area contributed by atoms with E-state index in [0.29, 0.717) is 16.6 Å². The molecule has 124 valence electrons. The van der Waals surface area contributed by atoms with Gasteiger partial charge in [-0.3, -0.25) is 4.79 Å². The number of nitrogens with zero attached hydrogens (tertiary/aromatic N) is 2. The first kappa shape index (κ1) is 16.4. The number of nitrogens with one attached hydrogen (secondary N) is 1. The summed E-state index contributed by atoms with van der Waals surface area (Å²) in [4.78, 5) is 17.5. The van der Waals surface area contributed by atoms with E-state index in [0.717, 1.165) is 5.56 Å². The topological polar surface area (TPSA) is 68.0 Å². The molecule has 0 spiro atoms. The molecule has 1 unspecified atom stereocenters. The maximum Gasteiger partial charge on any atom is 0.262 e. The maximum absolute atomic E-state index is 12.3. The molecule has 0 saturated carbocycles. The summed E-state index contributed by atoms with van der Waals surface area (Å²) in [6, 6.07) is 11.2. The molecule has 0 aliphatic carbocycles. The fourth-order valence-electron chi connectivity index (χ4n) is 2.32. The highest BCUT2D eigenvalue weighted by atomic mass is 32.1. The van der Waals surface area contributed by atoms with E-state index in [2.05, 4.69) is 15.5 Å². The molecule has 24 heavy (non-hydrogen) atoms. The second-order valence-corrected chi connectivity index (χ2v) is 6.94. The average Bonchev–Trinajstić information content (AvgIpc) is 3.24. The van der Waals surface area contributed by atoms with Crippen LogP contribution in [0.25, 0.3) is 11.4 Å². The largest absolute Gasteiger partial charge is 0.339 e. The molecule has 2 aromatic heterocycles. The second-order valence-electron chi connectivity index (χ2n) is 5.99. The predicted molar refractivity (Wildman–Crippen MR) is 93.8 cm³/mol. The van der Waals surface area contributed by atoms with Gasteiger partial charge in [0, 0.05) is 5.56 Å². The minimum atomic E-state index is -0.328. The van der Waals surface area contributed by atoms with Crippen molar-refractivity contribution in [1.29, 1.82) is 0 Å². The lowest BCUT2D eigenvalue weighted by Crippen LogP contribution is -2.31. The number of aromatic nitrogens is 2. The molecule has 0 saturated heterocycles. The molecule has 6 heteroatoms. The third kappa shape index (κ3) is 3.54. The van der Waals surface area contributed by atoms with E-state index in [9.17, 15) is 4.79 Å². The maximum atomic E-state index is 12.3. The zero-order chi connectivity index (χ0) is 17.1. The number of rotatable bonds is 5. The van der Waals surface area contributed by atoms with Crippen LogP contribution in [0.3, 0.4) is 0 Å². The van der Waals surface area contributed by atoms with Crippen molar-refractivity contribution in [3.05, 3.63) is 58.1 Å². The van der Waals surface area contributed by atoms with Gasteiger partial charge in [0.2, 0.25) is 11.7 Å². The molecule has 3 rings (SSSR count). The van der Waals surface area contributed by atoms with Crippen molar-refractivity contribution in [1.82, 2.24) is 15.5 Å². The lowest BCUT2D eigenvalue weighted by atomic mass is 10.0. The summed E-state index contributed by atoms with van der Waals surface area (Å²) >= 11 is 1.40. The Bertz CT molecular complexity index is 807. The van der Waals surface area contributed by atoms with Gasteiger partial charge in [0.1, 0.15) is 6.04 Å². The van der Waals surface area contributed by atoms with Crippen LogP contribution in [0, 0.1) is 12.8 Å². The molecule has 0 fully saturated rings. The highest BCUT2D eigenvalue weighted by Crippen LogP contribution is 2.24. The van der Waals surface area contributed by atoms with Crippen LogP contribution in [-0.2, 0) is 0 Å². The average molecular weight is 341 g/mol. The molecular formula is C18H19N3O2S. The minimum absolute atomic E-state index is 0.125. The fourth-order valence-corrected chi connectivity index (χ4v) is 2.94. The second kappa shape index (κ2) is 6.97. The van der Waals surface area contributed by atoms with E-state index in [-0.39, 0.29) is 17.9 Å². The first-order valence-electron chi connectivity index (χ1n) is 7.79. The van der Waals surface area contributed by atoms with Gasteiger partial charge in [-0.1, -0.05) is 54.9 Å². The van der Waals surface area contributed by atoms with Gasteiger partial charge < -0.3 is 9.84 Å². The Morgan fingerprint density at radius 3 is 2.58 bits per heavy atom. The van der Waals surface area contributed by atoms with Crippen LogP contribution in [0.2, 0.25) is 0 Å². The van der Waals surface area contributed by atoms with Gasteiger partial charge in [0.15, 0.2) is 0 Å². The smallest absolute Gasteiger partial charge is 0.262 e. The molecule has 2 heterocycles. The molecule has 0 aliphatic rings. The Morgan fingerprint density at radius 2 is 1.96 bits per heavy atom. The summed E-state index contributed by atoms with van der Waals surface area (Å²) in [6.45, 7) is 6.05. The Kier molecular flexibility index (Phi) is 4.76. The number of hydrogen-bond acceptors (Lipinski definition) is 5. The van der Waals surface area contributed by atoms with Crippen molar-refractivity contribution in [3.8, 4) is 11.4 Å². The molecule has 0 radical (unpaired) electrons. The summed E-state index contributed by atoms with van der Waals surface area (Å²) in [5, 5.41) is 8.92. The summed E-state index contributed by atoms with van der Waals surface area (Å²) < 4.78 is 5.42. The van der Waals surface area contributed by atoms with Crippen LogP contribution in [0.1, 0.15) is 41.0 Å². The van der Waals surface area contributed by atoms with E-state index in [1.54, 1.807) is 6.07 Å². The van der Waals surface area contributed by atoms with Crippen LogP contribution >= 0.6 is 11.3 Å². The number of carbonyl (C=O) groups excluding carboxylic acids is 1. The van der Waals surface area contributed by atoms with Gasteiger partial charge in [0.25, 0.3) is 5.91 Å². The molecule has 0 aliphatic heterocycles. The summed E-state index contributed by atoms with van der Waals surface area (Å²) in [7, 11) is 0. The molecule has 1 aromatic carbocycles. The number of aryl methyl sites for hydroxylation is 1. The van der Waals surface area contributed by atoms with Crippen molar-refractivity contribution >= 4 is 17.2 Å². The Hall–Kier alpha value is -2.47. The molecule has 3 aromatic rings. The van der Waals surface area contributed by atoms with Crippen molar-refractivity contribution in [2.75, 3.05) is 0 Å². The van der Waals surface area contributed by atoms with Crippen molar-refractivity contribution < 1.29 is 9.32 Å². The van der Waals surface area contributed by atoms with Gasteiger partial charge in [-0.25, -0.2) is 0 Å². The van der Waals surface area contributed by atoms with Crippen molar-refractivity contribution in [2.24, 2.45) is 5.92 Å². The Balaban J connectivity index is 1.82. The lowest BCUT2D eigenvalue weighted by Gasteiger charge is -2.17. The van der Waals surface area contributed by atoms with Gasteiger partial charge in [-0.2, -0.15) is 4.98 Å². The minimum Gasteiger partial charge on any atom is -0.339 e. The SMILES string of the molecule is Cc1ccc(-c2noc(C(NC(=O)c3cccs3)C(C)C)n2)cc1. The Morgan fingerprint density at radius 1 is 1.21 bits per heavy atom. The number of carbonyl (C=O) groups is 1. The van der Waals surface area contributed by atoms with E-state index in [4.69, 9.17) is 4.52 Å². The van der Waals surface area contributed by atoms with E-state index < -0.39 is 0 Å². The Labute approximate surface area is 144 Å². The summed E-state index contributed by atoms with van der Waals surface area (Å²) in [6.07, 6.45) is 0. The molecular weight excluding hydrogens is 322 g/mol. The van der Waals surface area contributed by atoms with E-state index >= 15 is 0 Å². The van der Waals surface area contributed by atoms with Crippen LogP contribution in [0.15, 0.2) is 46.3 Å². The zero-order valence-corrected chi connectivity index (χ0v) is 14.6. The predicted octanol–water partition coefficient (Wildman–Crippen LogP) is 4.23.